The standard InChI is InChI=1S/C58H72FN8O13PS/c1-35(2)40-8-6-7-9-41(40)47-32-56(4,76-5)18-24-65(47)38-30-57(31-38)19-22-64(23-20-57)37-10-11-42(44(27-37)66-43-13-25-77-33-49(43)79-54-46(66)26-36-12-21-60-52(36)62-54)53(68)63-82(74,75)39-28-45(67(69)70)51-48(29-39)78-34-50(61-51)58(59)16-14-55(3,15-17-58)80-81(71,72)73/h6-12,21,26-29,35,38,43,47,49-50,61H,13-20,22-25,30-34H2,1-5H3,(H,60,62)(H,63,68)(H2,71,72,73)/t43-,47-,49-,50+,55?,56+,58?/m0/s1. The predicted molar refractivity (Wildman–Crippen MR) is 304 cm³/mol. The van der Waals surface area contributed by atoms with E-state index in [2.05, 4.69) is 69.9 Å². The molecule has 0 radical (unpaired) electrons. The number of nitro groups is 1. The number of hydrogen-bond donors (Lipinski definition) is 5. The summed E-state index contributed by atoms with van der Waals surface area (Å²) < 4.78 is 88.9. The summed E-state index contributed by atoms with van der Waals surface area (Å²) in [7, 11) is -7.91. The minimum Gasteiger partial charge on any atom is -0.489 e. The second kappa shape index (κ2) is 21.0. The first-order valence-electron chi connectivity index (χ1n) is 28.5. The van der Waals surface area contributed by atoms with Gasteiger partial charge in [-0.1, -0.05) is 38.1 Å². The molecular formula is C58H72FN8O13PS. The molecule has 3 saturated heterocycles. The SMILES string of the molecule is CO[C@]1(C)CCN(C2CC3(CCN(c4ccc(C(=O)NS(=O)(=O)c5cc6c(c([N+](=O)[O-])c5)N[C@@H](C5(F)CCC(C)(OP(=O)(O)O)CC5)CO6)c(N5c6cc7cc[nH]c7nc6O[C@H]6COCC[C@@H]65)c4)CC3)C2)[C@H](c2ccccc2C(C)C)C1. The maximum Gasteiger partial charge on any atom is 0.470 e. The number of phosphoric ester groups is 1. The molecule has 7 heterocycles. The molecule has 5 fully saturated rings. The number of phosphoric acid groups is 1. The Kier molecular flexibility index (Phi) is 14.5. The number of anilines is 4. The number of nitro benzene ring substituents is 1. The third-order valence-electron chi connectivity index (χ3n) is 19.1. The van der Waals surface area contributed by atoms with Crippen molar-refractivity contribution in [2.24, 2.45) is 5.41 Å². The van der Waals surface area contributed by atoms with Crippen LogP contribution >= 0.6 is 7.82 Å². The quantitative estimate of drug-likeness (QED) is 0.0417. The van der Waals surface area contributed by atoms with Crippen molar-refractivity contribution in [2.75, 3.05) is 61.7 Å². The van der Waals surface area contributed by atoms with Gasteiger partial charge in [-0.3, -0.25) is 24.3 Å². The highest BCUT2D eigenvalue weighted by atomic mass is 32.2. The molecule has 3 aromatic carbocycles. The first-order chi connectivity index (χ1) is 38.9. The summed E-state index contributed by atoms with van der Waals surface area (Å²) in [6.07, 6.45) is 7.33. The maximum absolute atomic E-state index is 16.7. The van der Waals surface area contributed by atoms with Gasteiger partial charge < -0.3 is 48.8 Å². The number of nitrogens with one attached hydrogen (secondary N) is 3. The van der Waals surface area contributed by atoms with Gasteiger partial charge in [-0.05, 0) is 137 Å². The van der Waals surface area contributed by atoms with Gasteiger partial charge in [-0.15, -0.1) is 0 Å². The van der Waals surface area contributed by atoms with E-state index in [1.54, 1.807) is 12.3 Å². The van der Waals surface area contributed by atoms with Gasteiger partial charge in [0.1, 0.15) is 29.7 Å². The number of halogens is 1. The number of aromatic amines is 1. The molecule has 82 heavy (non-hydrogen) atoms. The van der Waals surface area contributed by atoms with Gasteiger partial charge in [0.15, 0.2) is 11.4 Å². The van der Waals surface area contributed by atoms with Crippen LogP contribution in [0.15, 0.2) is 77.8 Å². The Morgan fingerprint density at radius 1 is 0.951 bits per heavy atom. The maximum atomic E-state index is 16.7. The van der Waals surface area contributed by atoms with Crippen LogP contribution in [0.1, 0.15) is 132 Å². The molecule has 1 amide bonds. The molecule has 5 aliphatic heterocycles. The van der Waals surface area contributed by atoms with Crippen LogP contribution in [0.25, 0.3) is 11.0 Å². The number of fused-ring (bicyclic) bond motifs is 4. The molecule has 2 saturated carbocycles. The van der Waals surface area contributed by atoms with E-state index >= 15 is 4.39 Å². The third kappa shape index (κ3) is 10.6. The van der Waals surface area contributed by atoms with Crippen molar-refractivity contribution in [3.05, 3.63) is 99.7 Å². The Labute approximate surface area is 476 Å². The van der Waals surface area contributed by atoms with E-state index in [-0.39, 0.29) is 79.0 Å². The van der Waals surface area contributed by atoms with Gasteiger partial charge >= 0.3 is 7.82 Å². The lowest BCUT2D eigenvalue weighted by Crippen LogP contribution is -2.58. The van der Waals surface area contributed by atoms with Crippen molar-refractivity contribution in [3.63, 3.8) is 0 Å². The van der Waals surface area contributed by atoms with E-state index < -0.39 is 62.7 Å². The number of piperidine rings is 2. The van der Waals surface area contributed by atoms with Crippen molar-refractivity contribution < 1.29 is 60.3 Å². The zero-order valence-electron chi connectivity index (χ0n) is 46.8. The van der Waals surface area contributed by atoms with E-state index in [0.29, 0.717) is 47.9 Å². The van der Waals surface area contributed by atoms with Crippen LogP contribution in [-0.4, -0.2) is 132 Å². The first-order valence-corrected chi connectivity index (χ1v) is 31.5. The summed E-state index contributed by atoms with van der Waals surface area (Å²) in [5.41, 5.74) is 0.927. The van der Waals surface area contributed by atoms with Crippen LogP contribution in [0.4, 0.5) is 32.8 Å². The molecule has 2 aliphatic carbocycles. The molecule has 0 bridgehead atoms. The van der Waals surface area contributed by atoms with Gasteiger partial charge in [-0.25, -0.2) is 22.1 Å². The molecule has 1 spiro atoms. The average molecular weight is 1170 g/mol. The van der Waals surface area contributed by atoms with Crippen molar-refractivity contribution in [3.8, 4) is 11.6 Å². The molecule has 440 valence electrons. The molecule has 0 unspecified atom stereocenters. The number of likely N-dealkylation sites (tertiary alicyclic amines) is 1. The van der Waals surface area contributed by atoms with Crippen LogP contribution < -0.4 is 29.3 Å². The topological polar surface area (TPSA) is 260 Å². The molecular weight excluding hydrogens is 1100 g/mol. The van der Waals surface area contributed by atoms with Gasteiger partial charge in [0.05, 0.1) is 51.0 Å². The molecule has 21 nitrogen and oxygen atoms in total. The number of hydrogen-bond acceptors (Lipinski definition) is 16. The number of H-pyrrole nitrogens is 1. The summed E-state index contributed by atoms with van der Waals surface area (Å²) in [5.74, 6) is -0.521. The summed E-state index contributed by atoms with van der Waals surface area (Å²) in [4.78, 5) is 60.2. The average Bonchev–Trinajstić information content (AvgIpc) is 3.82. The highest BCUT2D eigenvalue weighted by Gasteiger charge is 2.53. The Balaban J connectivity index is 0.818. The summed E-state index contributed by atoms with van der Waals surface area (Å²) in [5, 5.41) is 16.4. The summed E-state index contributed by atoms with van der Waals surface area (Å²) in [6, 6.07) is 19.2. The number of carbonyl (C=O) groups is 1. The fourth-order valence-corrected chi connectivity index (χ4v) is 16.0. The number of aromatic nitrogens is 2. The minimum atomic E-state index is -4.87. The molecule has 7 aliphatic rings. The summed E-state index contributed by atoms with van der Waals surface area (Å²) in [6.45, 7) is 11.1. The van der Waals surface area contributed by atoms with E-state index in [0.717, 1.165) is 81.4 Å². The number of pyridine rings is 1. The molecule has 2 aromatic heterocycles. The zero-order valence-corrected chi connectivity index (χ0v) is 48.5. The van der Waals surface area contributed by atoms with Gasteiger partial charge in [-0.2, -0.15) is 4.98 Å². The van der Waals surface area contributed by atoms with Crippen LogP contribution in [0, 0.1) is 15.5 Å². The number of carbonyl (C=O) groups excluding carboxylic acids is 1. The highest BCUT2D eigenvalue weighted by Crippen LogP contribution is 2.56. The number of benzene rings is 3. The number of nitrogens with zero attached hydrogens (tertiary/aromatic N) is 5. The molecule has 24 heteroatoms. The van der Waals surface area contributed by atoms with Crippen molar-refractivity contribution >= 4 is 63.2 Å². The normalized spacial score (nSPS) is 28.5. The molecule has 5 aromatic rings. The fourth-order valence-electron chi connectivity index (χ4n) is 14.2. The monoisotopic (exact) mass is 1170 g/mol. The van der Waals surface area contributed by atoms with Gasteiger partial charge in [0.2, 0.25) is 5.88 Å². The van der Waals surface area contributed by atoms with Crippen LogP contribution in [0.5, 0.6) is 11.6 Å². The van der Waals surface area contributed by atoms with Crippen LogP contribution in [-0.2, 0) is 28.6 Å². The number of rotatable bonds is 13. The van der Waals surface area contributed by atoms with E-state index in [4.69, 9.17) is 28.5 Å². The van der Waals surface area contributed by atoms with Crippen molar-refractivity contribution in [1.82, 2.24) is 19.6 Å². The van der Waals surface area contributed by atoms with E-state index in [9.17, 15) is 37.7 Å². The molecule has 5 N–H and O–H groups in total. The largest absolute Gasteiger partial charge is 0.489 e. The Morgan fingerprint density at radius 3 is 2.43 bits per heavy atom. The second-order valence-electron chi connectivity index (χ2n) is 24.7. The summed E-state index contributed by atoms with van der Waals surface area (Å²) >= 11 is 0. The lowest BCUT2D eigenvalue weighted by molar-refractivity contribution is -0.384. The van der Waals surface area contributed by atoms with Crippen LogP contribution in [0.2, 0.25) is 0 Å². The molecule has 5 atom stereocenters. The Hall–Kier alpha value is -5.91. The smallest absolute Gasteiger partial charge is 0.470 e. The number of methoxy groups -OCH3 is 1. The highest BCUT2D eigenvalue weighted by molar-refractivity contribution is 7.90. The van der Waals surface area contributed by atoms with Gasteiger partial charge in [0, 0.05) is 74.8 Å². The molecule has 12 rings (SSSR count). The van der Waals surface area contributed by atoms with E-state index in [1.807, 2.05) is 36.3 Å². The minimum absolute atomic E-state index is 0.0193. The number of alkyl halides is 1. The predicted octanol–water partition coefficient (Wildman–Crippen LogP) is 9.72. The third-order valence-corrected chi connectivity index (χ3v) is 21.1. The van der Waals surface area contributed by atoms with Crippen molar-refractivity contribution in [1.29, 1.82) is 0 Å². The Bertz CT molecular complexity index is 3470. The lowest BCUT2D eigenvalue weighted by Gasteiger charge is -2.59. The van der Waals surface area contributed by atoms with E-state index in [1.165, 1.54) is 18.1 Å². The first kappa shape index (κ1) is 56.6. The van der Waals surface area contributed by atoms with Gasteiger partial charge in [0.25, 0.3) is 21.6 Å². The Morgan fingerprint density at radius 2 is 1.71 bits per heavy atom. The lowest BCUT2D eigenvalue weighted by atomic mass is 9.59. The van der Waals surface area contributed by atoms with Crippen LogP contribution in [0.3, 0.4) is 0 Å². The number of amides is 1. The van der Waals surface area contributed by atoms with Crippen molar-refractivity contribution in [2.45, 2.75) is 156 Å². The second-order valence-corrected chi connectivity index (χ2v) is 27.5. The zero-order chi connectivity index (χ0) is 57.7. The fraction of sp³-hybridized carbons (Fsp3) is 0.552. The number of sulfonamides is 1. The number of ether oxygens (including phenoxy) is 4.